The van der Waals surface area contributed by atoms with E-state index in [-0.39, 0.29) is 5.91 Å². The van der Waals surface area contributed by atoms with Gasteiger partial charge in [-0.1, -0.05) is 12.8 Å². The summed E-state index contributed by atoms with van der Waals surface area (Å²) in [7, 11) is 0. The maximum absolute atomic E-state index is 13.7. The Bertz CT molecular complexity index is 734. The van der Waals surface area contributed by atoms with Gasteiger partial charge in [0, 0.05) is 30.7 Å². The van der Waals surface area contributed by atoms with Crippen molar-refractivity contribution in [2.75, 3.05) is 26.2 Å². The normalized spacial score (nSPS) is 28.9. The molecule has 3 heterocycles. The first-order valence-electron chi connectivity index (χ1n) is 12.2. The Morgan fingerprint density at radius 3 is 2.52 bits per heavy atom. The van der Waals surface area contributed by atoms with Gasteiger partial charge in [0.2, 0.25) is 0 Å². The van der Waals surface area contributed by atoms with E-state index in [0.29, 0.717) is 12.0 Å². The predicted octanol–water partition coefficient (Wildman–Crippen LogP) is 4.77. The zero-order chi connectivity index (χ0) is 19.8. The Hall–Kier alpha value is -1.42. The molecule has 0 radical (unpaired) electrons. The van der Waals surface area contributed by atoms with Gasteiger partial charge >= 0.3 is 0 Å². The Morgan fingerprint density at radius 1 is 0.966 bits per heavy atom. The van der Waals surface area contributed by atoms with Gasteiger partial charge in [0.25, 0.3) is 5.91 Å². The number of carbonyl (C=O) groups is 1. The third-order valence-corrected chi connectivity index (χ3v) is 7.99. The number of fused-ring (bicyclic) bond motifs is 1. The molecule has 1 aromatic heterocycles. The first-order chi connectivity index (χ1) is 14.2. The zero-order valence-corrected chi connectivity index (χ0v) is 18.1. The lowest BCUT2D eigenvalue weighted by molar-refractivity contribution is 0.0388. The van der Waals surface area contributed by atoms with E-state index in [9.17, 15) is 4.79 Å². The Kier molecular flexibility index (Phi) is 5.64. The molecule has 2 atom stereocenters. The van der Waals surface area contributed by atoms with Gasteiger partial charge in [-0.2, -0.15) is 0 Å². The first-order valence-corrected chi connectivity index (χ1v) is 12.2. The highest BCUT2D eigenvalue weighted by Crippen LogP contribution is 2.38. The molecule has 4 nitrogen and oxygen atoms in total. The van der Waals surface area contributed by atoms with Crippen LogP contribution in [0.5, 0.6) is 0 Å². The largest absolute Gasteiger partial charge is 0.335 e. The molecule has 4 aliphatic rings. The van der Waals surface area contributed by atoms with Gasteiger partial charge in [-0.25, -0.2) is 0 Å². The van der Waals surface area contributed by atoms with Gasteiger partial charge in [0.15, 0.2) is 0 Å². The second kappa shape index (κ2) is 8.37. The molecule has 0 aromatic carbocycles. The van der Waals surface area contributed by atoms with E-state index in [1.165, 1.54) is 71.0 Å². The van der Waals surface area contributed by atoms with E-state index in [4.69, 9.17) is 4.98 Å². The van der Waals surface area contributed by atoms with Crippen molar-refractivity contribution < 1.29 is 4.79 Å². The maximum atomic E-state index is 13.7. The van der Waals surface area contributed by atoms with Crippen LogP contribution in [0.2, 0.25) is 0 Å². The molecular weight excluding hydrogens is 358 g/mol. The number of pyridine rings is 1. The summed E-state index contributed by atoms with van der Waals surface area (Å²) in [6, 6.07) is 4.60. The summed E-state index contributed by atoms with van der Waals surface area (Å²) in [6.45, 7) is 6.62. The molecule has 2 saturated heterocycles. The standard InChI is InChI=1S/C25H37N3O/c1-18-8-11-22(25(29)28-14-4-6-20-5-2-3-7-23(20)28)24(26-18)21-12-15-27(16-13-21)17-19-9-10-19/h8,11,19-21,23H,2-7,9-10,12-17H2,1H3. The fraction of sp³-hybridized carbons (Fsp3) is 0.760. The summed E-state index contributed by atoms with van der Waals surface area (Å²) >= 11 is 0. The molecule has 2 unspecified atom stereocenters. The highest BCUT2D eigenvalue weighted by Gasteiger charge is 2.37. The zero-order valence-electron chi connectivity index (χ0n) is 18.1. The molecule has 2 saturated carbocycles. The fourth-order valence-electron chi connectivity index (χ4n) is 6.16. The third kappa shape index (κ3) is 4.23. The molecule has 2 aliphatic carbocycles. The summed E-state index contributed by atoms with van der Waals surface area (Å²) in [4.78, 5) is 23.6. The number of likely N-dealkylation sites (tertiary alicyclic amines) is 2. The Labute approximate surface area is 176 Å². The first kappa shape index (κ1) is 19.5. The molecule has 0 spiro atoms. The molecule has 5 rings (SSSR count). The van der Waals surface area contributed by atoms with Crippen LogP contribution in [0.15, 0.2) is 12.1 Å². The minimum Gasteiger partial charge on any atom is -0.335 e. The van der Waals surface area contributed by atoms with E-state index >= 15 is 0 Å². The number of amides is 1. The van der Waals surface area contributed by atoms with Gasteiger partial charge < -0.3 is 9.80 Å². The second-order valence-corrected chi connectivity index (χ2v) is 10.2. The Balaban J connectivity index is 1.34. The van der Waals surface area contributed by atoms with E-state index in [1.807, 2.05) is 6.07 Å². The van der Waals surface area contributed by atoms with Crippen molar-refractivity contribution in [2.24, 2.45) is 11.8 Å². The van der Waals surface area contributed by atoms with Crippen molar-refractivity contribution >= 4 is 5.91 Å². The number of hydrogen-bond acceptors (Lipinski definition) is 3. The van der Waals surface area contributed by atoms with Crippen molar-refractivity contribution in [3.8, 4) is 0 Å². The van der Waals surface area contributed by atoms with Crippen molar-refractivity contribution in [1.82, 2.24) is 14.8 Å². The minimum absolute atomic E-state index is 0.268. The van der Waals surface area contributed by atoms with Gasteiger partial charge in [-0.05, 0) is 95.3 Å². The maximum Gasteiger partial charge on any atom is 0.255 e. The summed E-state index contributed by atoms with van der Waals surface area (Å²) in [6.07, 6.45) is 12.8. The lowest BCUT2D eigenvalue weighted by atomic mass is 9.78. The summed E-state index contributed by atoms with van der Waals surface area (Å²) < 4.78 is 0. The average molecular weight is 396 g/mol. The molecule has 0 bridgehead atoms. The summed E-state index contributed by atoms with van der Waals surface area (Å²) in [5.41, 5.74) is 3.05. The van der Waals surface area contributed by atoms with Crippen LogP contribution in [-0.4, -0.2) is 52.9 Å². The SMILES string of the molecule is Cc1ccc(C(=O)N2CCCC3CCCCC32)c(C2CCN(CC3CC3)CC2)n1. The molecule has 29 heavy (non-hydrogen) atoms. The van der Waals surface area contributed by atoms with Crippen LogP contribution >= 0.6 is 0 Å². The van der Waals surface area contributed by atoms with Gasteiger partial charge in [-0.3, -0.25) is 9.78 Å². The van der Waals surface area contributed by atoms with Gasteiger partial charge in [0.05, 0.1) is 11.3 Å². The third-order valence-electron chi connectivity index (χ3n) is 7.99. The molecule has 158 valence electrons. The van der Waals surface area contributed by atoms with Crippen LogP contribution in [-0.2, 0) is 0 Å². The molecular formula is C25H37N3O. The average Bonchev–Trinajstić information content (AvgIpc) is 3.57. The molecule has 4 fully saturated rings. The number of piperidine rings is 2. The Morgan fingerprint density at radius 2 is 1.72 bits per heavy atom. The lowest BCUT2D eigenvalue weighted by Gasteiger charge is -2.44. The van der Waals surface area contributed by atoms with Crippen molar-refractivity contribution in [2.45, 2.75) is 83.1 Å². The number of hydrogen-bond donors (Lipinski definition) is 0. The molecule has 4 heteroatoms. The molecule has 0 N–H and O–H groups in total. The number of aromatic nitrogens is 1. The predicted molar refractivity (Wildman–Crippen MR) is 116 cm³/mol. The highest BCUT2D eigenvalue weighted by molar-refractivity contribution is 5.95. The second-order valence-electron chi connectivity index (χ2n) is 10.2. The van der Waals surface area contributed by atoms with E-state index < -0.39 is 0 Å². The van der Waals surface area contributed by atoms with Crippen LogP contribution in [0.25, 0.3) is 0 Å². The van der Waals surface area contributed by atoms with Crippen molar-refractivity contribution in [3.63, 3.8) is 0 Å². The van der Waals surface area contributed by atoms with Crippen LogP contribution in [0.4, 0.5) is 0 Å². The lowest BCUT2D eigenvalue weighted by Crippen LogP contribution is -2.50. The number of rotatable bonds is 4. The van der Waals surface area contributed by atoms with E-state index in [0.717, 1.165) is 48.2 Å². The van der Waals surface area contributed by atoms with Gasteiger partial charge in [0.1, 0.15) is 0 Å². The van der Waals surface area contributed by atoms with Gasteiger partial charge in [-0.15, -0.1) is 0 Å². The van der Waals surface area contributed by atoms with Crippen molar-refractivity contribution in [1.29, 1.82) is 0 Å². The van der Waals surface area contributed by atoms with E-state index in [1.54, 1.807) is 0 Å². The smallest absolute Gasteiger partial charge is 0.255 e. The highest BCUT2D eigenvalue weighted by atomic mass is 16.2. The molecule has 1 aromatic rings. The van der Waals surface area contributed by atoms with Crippen molar-refractivity contribution in [3.05, 3.63) is 29.1 Å². The summed E-state index contributed by atoms with van der Waals surface area (Å²) in [5.74, 6) is 2.40. The number of carbonyl (C=O) groups excluding carboxylic acids is 1. The number of nitrogens with zero attached hydrogens (tertiary/aromatic N) is 3. The minimum atomic E-state index is 0.268. The van der Waals surface area contributed by atoms with E-state index in [2.05, 4.69) is 22.8 Å². The van der Waals surface area contributed by atoms with Crippen LogP contribution < -0.4 is 0 Å². The van der Waals surface area contributed by atoms with Crippen LogP contribution in [0, 0.1) is 18.8 Å². The van der Waals surface area contributed by atoms with Crippen LogP contribution in [0.3, 0.4) is 0 Å². The summed E-state index contributed by atoms with van der Waals surface area (Å²) in [5, 5.41) is 0. The fourth-order valence-corrected chi connectivity index (χ4v) is 6.16. The molecule has 1 amide bonds. The number of aryl methyl sites for hydroxylation is 1. The molecule has 2 aliphatic heterocycles. The van der Waals surface area contributed by atoms with Crippen LogP contribution in [0.1, 0.15) is 91.9 Å². The monoisotopic (exact) mass is 395 g/mol. The quantitative estimate of drug-likeness (QED) is 0.736. The topological polar surface area (TPSA) is 36.4 Å².